The van der Waals surface area contributed by atoms with Crippen LogP contribution < -0.4 is 0 Å². The van der Waals surface area contributed by atoms with E-state index in [2.05, 4.69) is 73.3 Å². The van der Waals surface area contributed by atoms with Crippen LogP contribution in [0, 0.1) is 0 Å². The van der Waals surface area contributed by atoms with E-state index >= 15 is 0 Å². The summed E-state index contributed by atoms with van der Waals surface area (Å²) < 4.78 is 13.6. The number of hydrogen-bond acceptors (Lipinski definition) is 1. The Morgan fingerprint density at radius 3 is 2.18 bits per heavy atom. The minimum atomic E-state index is -0.623. The van der Waals surface area contributed by atoms with Crippen LogP contribution in [0.3, 0.4) is 0 Å². The number of hydrogen-bond donors (Lipinski definition) is 0. The molecule has 0 radical (unpaired) electrons. The van der Waals surface area contributed by atoms with Crippen LogP contribution in [-0.4, -0.2) is 30.2 Å². The lowest BCUT2D eigenvalue weighted by Gasteiger charge is -2.31. The van der Waals surface area contributed by atoms with Crippen LogP contribution in [0.25, 0.3) is 0 Å². The van der Waals surface area contributed by atoms with Crippen LogP contribution in [0.4, 0.5) is 4.39 Å². The summed E-state index contributed by atoms with van der Waals surface area (Å²) in [6.45, 7) is 6.90. The Bertz CT molecular complexity index is 681. The molecule has 0 aliphatic heterocycles. The molecule has 0 bridgehead atoms. The van der Waals surface area contributed by atoms with Gasteiger partial charge in [-0.3, -0.25) is 0 Å². The first-order chi connectivity index (χ1) is 13.7. The van der Waals surface area contributed by atoms with Crippen LogP contribution in [-0.2, 0) is 12.8 Å². The van der Waals surface area contributed by atoms with Crippen molar-refractivity contribution < 1.29 is 4.39 Å². The van der Waals surface area contributed by atoms with Crippen molar-refractivity contribution in [2.45, 2.75) is 76.9 Å². The van der Waals surface area contributed by atoms with Gasteiger partial charge >= 0.3 is 0 Å². The first-order valence-electron chi connectivity index (χ1n) is 11.2. The molecule has 3 rings (SSSR count). The van der Waals surface area contributed by atoms with Crippen molar-refractivity contribution >= 4 is 0 Å². The first-order valence-corrected chi connectivity index (χ1v) is 11.2. The van der Waals surface area contributed by atoms with Crippen molar-refractivity contribution in [1.29, 1.82) is 0 Å². The summed E-state index contributed by atoms with van der Waals surface area (Å²) in [5.74, 6) is 0.149. The van der Waals surface area contributed by atoms with Crippen molar-refractivity contribution in [3.63, 3.8) is 0 Å². The molecule has 1 aliphatic carbocycles. The van der Waals surface area contributed by atoms with E-state index < -0.39 is 6.17 Å². The zero-order valence-corrected chi connectivity index (χ0v) is 17.6. The fourth-order valence-electron chi connectivity index (χ4n) is 4.43. The van der Waals surface area contributed by atoms with Gasteiger partial charge in [0.25, 0.3) is 0 Å². The van der Waals surface area contributed by atoms with Gasteiger partial charge in [0.05, 0.1) is 0 Å². The molecule has 0 saturated heterocycles. The maximum atomic E-state index is 13.6. The second kappa shape index (κ2) is 10.8. The van der Waals surface area contributed by atoms with Crippen LogP contribution >= 0.6 is 0 Å². The Balaban J connectivity index is 1.53. The molecule has 3 unspecified atom stereocenters. The van der Waals surface area contributed by atoms with E-state index in [0.717, 1.165) is 32.2 Å². The Labute approximate surface area is 171 Å². The van der Waals surface area contributed by atoms with E-state index in [0.29, 0.717) is 6.04 Å². The molecule has 1 saturated carbocycles. The monoisotopic (exact) mass is 381 g/mol. The van der Waals surface area contributed by atoms with Gasteiger partial charge in [0.2, 0.25) is 0 Å². The zero-order chi connectivity index (χ0) is 19.8. The van der Waals surface area contributed by atoms with Gasteiger partial charge in [0.1, 0.15) is 6.17 Å². The van der Waals surface area contributed by atoms with Crippen LogP contribution in [0.15, 0.2) is 54.6 Å². The Morgan fingerprint density at radius 2 is 1.61 bits per heavy atom. The number of alkyl halides is 1. The van der Waals surface area contributed by atoms with E-state index in [1.165, 1.54) is 42.5 Å². The third kappa shape index (κ3) is 5.67. The van der Waals surface area contributed by atoms with Gasteiger partial charge in [-0.2, -0.15) is 0 Å². The Morgan fingerprint density at radius 1 is 0.893 bits per heavy atom. The van der Waals surface area contributed by atoms with Gasteiger partial charge in [-0.05, 0) is 68.2 Å². The molecule has 1 fully saturated rings. The highest BCUT2D eigenvalue weighted by Crippen LogP contribution is 2.39. The predicted molar refractivity (Wildman–Crippen MR) is 118 cm³/mol. The van der Waals surface area contributed by atoms with Crippen LogP contribution in [0.5, 0.6) is 0 Å². The molecule has 3 atom stereocenters. The van der Waals surface area contributed by atoms with Crippen molar-refractivity contribution in [3.05, 3.63) is 71.3 Å². The van der Waals surface area contributed by atoms with E-state index in [1.54, 1.807) is 0 Å². The second-order valence-corrected chi connectivity index (χ2v) is 8.31. The normalized spacial score (nSPS) is 20.1. The lowest BCUT2D eigenvalue weighted by molar-refractivity contribution is 0.170. The third-order valence-corrected chi connectivity index (χ3v) is 6.39. The average molecular weight is 382 g/mol. The number of halogens is 1. The molecule has 0 aromatic heterocycles. The molecule has 2 aromatic rings. The largest absolute Gasteiger partial charge is 0.300 e. The van der Waals surface area contributed by atoms with Gasteiger partial charge in [0, 0.05) is 18.5 Å². The molecule has 152 valence electrons. The summed E-state index contributed by atoms with van der Waals surface area (Å²) in [5.41, 5.74) is 4.00. The SMILES string of the molecule is CCCN(CCc1ccccc1)C(CC)CCc1ccc(C2CCC2F)cc1. The van der Waals surface area contributed by atoms with E-state index in [-0.39, 0.29) is 5.92 Å². The number of rotatable bonds is 11. The quantitative estimate of drug-likeness (QED) is 0.425. The summed E-state index contributed by atoms with van der Waals surface area (Å²) >= 11 is 0. The van der Waals surface area contributed by atoms with Gasteiger partial charge in [-0.15, -0.1) is 0 Å². The highest BCUT2D eigenvalue weighted by molar-refractivity contribution is 5.28. The Hall–Kier alpha value is -1.67. The Kier molecular flexibility index (Phi) is 8.09. The van der Waals surface area contributed by atoms with Gasteiger partial charge < -0.3 is 4.90 Å². The lowest BCUT2D eigenvalue weighted by atomic mass is 9.78. The molecule has 0 spiro atoms. The molecule has 0 heterocycles. The second-order valence-electron chi connectivity index (χ2n) is 8.31. The van der Waals surface area contributed by atoms with Crippen molar-refractivity contribution in [1.82, 2.24) is 4.90 Å². The first kappa shape index (κ1) is 21.0. The fourth-order valence-corrected chi connectivity index (χ4v) is 4.43. The summed E-state index contributed by atoms with van der Waals surface area (Å²) in [6, 6.07) is 20.2. The molecule has 2 aromatic carbocycles. The van der Waals surface area contributed by atoms with Gasteiger partial charge in [0.15, 0.2) is 0 Å². The predicted octanol–water partition coefficient (Wildman–Crippen LogP) is 6.57. The van der Waals surface area contributed by atoms with E-state index in [1.807, 2.05) is 0 Å². The highest BCUT2D eigenvalue weighted by Gasteiger charge is 2.31. The summed E-state index contributed by atoms with van der Waals surface area (Å²) in [5, 5.41) is 0. The zero-order valence-electron chi connectivity index (χ0n) is 17.6. The van der Waals surface area contributed by atoms with Gasteiger partial charge in [-0.25, -0.2) is 4.39 Å². The van der Waals surface area contributed by atoms with Crippen LogP contribution in [0.2, 0.25) is 0 Å². The van der Waals surface area contributed by atoms with Crippen molar-refractivity contribution in [2.75, 3.05) is 13.1 Å². The molecule has 1 nitrogen and oxygen atoms in total. The molecule has 2 heteroatoms. The van der Waals surface area contributed by atoms with E-state index in [9.17, 15) is 4.39 Å². The molecule has 0 N–H and O–H groups in total. The standard InChI is InChI=1S/C26H36FN/c1-3-19-28(20-18-21-8-6-5-7-9-21)24(4-2)15-12-22-10-13-23(14-11-22)25-16-17-26(25)27/h5-11,13-14,24-26H,3-4,12,15-20H2,1-2H3. The van der Waals surface area contributed by atoms with Crippen molar-refractivity contribution in [3.8, 4) is 0 Å². The van der Waals surface area contributed by atoms with Crippen LogP contribution in [0.1, 0.15) is 68.6 Å². The highest BCUT2D eigenvalue weighted by atomic mass is 19.1. The maximum absolute atomic E-state index is 13.6. The van der Waals surface area contributed by atoms with Gasteiger partial charge in [-0.1, -0.05) is 68.4 Å². The summed E-state index contributed by atoms with van der Waals surface area (Å²) in [7, 11) is 0. The minimum Gasteiger partial charge on any atom is -0.300 e. The molecule has 1 aliphatic rings. The number of nitrogens with zero attached hydrogens (tertiary/aromatic N) is 1. The molecular weight excluding hydrogens is 345 g/mol. The summed E-state index contributed by atoms with van der Waals surface area (Å²) in [6.07, 6.45) is 6.94. The average Bonchev–Trinajstić information content (AvgIpc) is 2.73. The number of benzene rings is 2. The summed E-state index contributed by atoms with van der Waals surface area (Å²) in [4.78, 5) is 2.68. The maximum Gasteiger partial charge on any atom is 0.107 e. The molecular formula is C26H36FN. The van der Waals surface area contributed by atoms with Crippen molar-refractivity contribution in [2.24, 2.45) is 0 Å². The molecule has 0 amide bonds. The fraction of sp³-hybridized carbons (Fsp3) is 0.538. The topological polar surface area (TPSA) is 3.24 Å². The molecule has 28 heavy (non-hydrogen) atoms. The lowest BCUT2D eigenvalue weighted by Crippen LogP contribution is -2.37. The smallest absolute Gasteiger partial charge is 0.107 e. The third-order valence-electron chi connectivity index (χ3n) is 6.39. The van der Waals surface area contributed by atoms with E-state index in [4.69, 9.17) is 0 Å². The number of aryl methyl sites for hydroxylation is 1. The minimum absolute atomic E-state index is 0.149.